The predicted molar refractivity (Wildman–Crippen MR) is 137 cm³/mol. The number of fused-ring (bicyclic) bond motifs is 2. The summed E-state index contributed by atoms with van der Waals surface area (Å²) in [5.74, 6) is 0.00889. The third-order valence-electron chi connectivity index (χ3n) is 6.58. The highest BCUT2D eigenvalue weighted by atomic mass is 16.5. The van der Waals surface area contributed by atoms with E-state index in [0.29, 0.717) is 22.2 Å². The Morgan fingerprint density at radius 2 is 1.71 bits per heavy atom. The SMILES string of the molecule is COc1ccc2cc(-c3cc(C(=O)OCC(=O)NC4CCCCC4)c4ccccc4n3)ccc2c1. The van der Waals surface area contributed by atoms with Crippen LogP contribution in [0.4, 0.5) is 0 Å². The van der Waals surface area contributed by atoms with Crippen molar-refractivity contribution in [2.24, 2.45) is 0 Å². The van der Waals surface area contributed by atoms with Crippen LogP contribution < -0.4 is 10.1 Å². The van der Waals surface area contributed by atoms with Crippen LogP contribution in [0.25, 0.3) is 32.9 Å². The van der Waals surface area contributed by atoms with Crippen molar-refractivity contribution in [3.63, 3.8) is 0 Å². The van der Waals surface area contributed by atoms with Gasteiger partial charge in [-0.15, -0.1) is 0 Å². The van der Waals surface area contributed by atoms with Crippen molar-refractivity contribution in [2.45, 2.75) is 38.1 Å². The number of ether oxygens (including phenoxy) is 2. The van der Waals surface area contributed by atoms with Crippen molar-refractivity contribution < 1.29 is 19.1 Å². The van der Waals surface area contributed by atoms with E-state index in [1.807, 2.05) is 60.7 Å². The molecule has 1 N–H and O–H groups in total. The van der Waals surface area contributed by atoms with Crippen LogP contribution in [0.2, 0.25) is 0 Å². The lowest BCUT2D eigenvalue weighted by Gasteiger charge is -2.22. The Hall–Kier alpha value is -3.93. The van der Waals surface area contributed by atoms with E-state index in [1.54, 1.807) is 13.2 Å². The first-order valence-corrected chi connectivity index (χ1v) is 12.1. The van der Waals surface area contributed by atoms with Crippen molar-refractivity contribution in [1.82, 2.24) is 10.3 Å². The van der Waals surface area contributed by atoms with Gasteiger partial charge >= 0.3 is 5.97 Å². The fraction of sp³-hybridized carbons (Fsp3) is 0.276. The normalized spacial score (nSPS) is 14.1. The maximum Gasteiger partial charge on any atom is 0.339 e. The van der Waals surface area contributed by atoms with Crippen LogP contribution in [0.3, 0.4) is 0 Å². The number of nitrogens with one attached hydrogen (secondary N) is 1. The van der Waals surface area contributed by atoms with Gasteiger partial charge in [-0.1, -0.05) is 55.7 Å². The molecule has 1 aliphatic carbocycles. The number of rotatable bonds is 6. The quantitative estimate of drug-likeness (QED) is 0.369. The Morgan fingerprint density at radius 3 is 2.54 bits per heavy atom. The van der Waals surface area contributed by atoms with Gasteiger partial charge in [0, 0.05) is 17.0 Å². The van der Waals surface area contributed by atoms with E-state index in [4.69, 9.17) is 14.5 Å². The number of carbonyl (C=O) groups is 2. The van der Waals surface area contributed by atoms with Crippen molar-refractivity contribution in [3.8, 4) is 17.0 Å². The second-order valence-electron chi connectivity index (χ2n) is 8.98. The van der Waals surface area contributed by atoms with Gasteiger partial charge in [0.2, 0.25) is 0 Å². The minimum Gasteiger partial charge on any atom is -0.497 e. The van der Waals surface area contributed by atoms with Gasteiger partial charge in [0.1, 0.15) is 5.75 Å². The zero-order chi connectivity index (χ0) is 24.2. The summed E-state index contributed by atoms with van der Waals surface area (Å²) >= 11 is 0. The minimum absolute atomic E-state index is 0.177. The lowest BCUT2D eigenvalue weighted by atomic mass is 9.95. The zero-order valence-corrected chi connectivity index (χ0v) is 19.8. The zero-order valence-electron chi connectivity index (χ0n) is 19.8. The number of esters is 1. The molecule has 1 heterocycles. The molecule has 1 amide bonds. The standard InChI is InChI=1S/C29H28N2O4/c1-34-23-14-13-19-15-21(12-11-20(19)16-23)27-17-25(24-9-5-6-10-26(24)31-27)29(33)35-18-28(32)30-22-7-3-2-4-8-22/h5-6,9-17,22H,2-4,7-8,18H2,1H3,(H,30,32). The second kappa shape index (κ2) is 10.1. The number of nitrogens with zero attached hydrogens (tertiary/aromatic N) is 1. The van der Waals surface area contributed by atoms with Crippen LogP contribution in [0, 0.1) is 0 Å². The van der Waals surface area contributed by atoms with Crippen LogP contribution >= 0.6 is 0 Å². The van der Waals surface area contributed by atoms with E-state index < -0.39 is 5.97 Å². The van der Waals surface area contributed by atoms with Crippen LogP contribution in [0.1, 0.15) is 42.5 Å². The lowest BCUT2D eigenvalue weighted by Crippen LogP contribution is -2.38. The van der Waals surface area contributed by atoms with Crippen molar-refractivity contribution in [1.29, 1.82) is 0 Å². The Morgan fingerprint density at radius 1 is 0.943 bits per heavy atom. The van der Waals surface area contributed by atoms with Gasteiger partial charge in [0.25, 0.3) is 5.91 Å². The second-order valence-corrected chi connectivity index (χ2v) is 8.98. The number of amides is 1. The first-order chi connectivity index (χ1) is 17.1. The minimum atomic E-state index is -0.533. The van der Waals surface area contributed by atoms with Gasteiger partial charge in [-0.2, -0.15) is 0 Å². The molecule has 6 heteroatoms. The number of para-hydroxylation sites is 1. The molecule has 35 heavy (non-hydrogen) atoms. The first kappa shape index (κ1) is 22.8. The summed E-state index contributed by atoms with van der Waals surface area (Å²) in [4.78, 5) is 30.2. The molecule has 0 radical (unpaired) electrons. The number of benzene rings is 3. The Kier molecular flexibility index (Phi) is 6.62. The molecule has 0 unspecified atom stereocenters. The van der Waals surface area contributed by atoms with Crippen molar-refractivity contribution in [3.05, 3.63) is 72.3 Å². The first-order valence-electron chi connectivity index (χ1n) is 12.1. The Labute approximate surface area is 204 Å². The summed E-state index contributed by atoms with van der Waals surface area (Å²) in [5.41, 5.74) is 2.64. The number of hydrogen-bond acceptors (Lipinski definition) is 5. The molecule has 0 atom stereocenters. The molecule has 0 bridgehead atoms. The summed E-state index contributed by atoms with van der Waals surface area (Å²) in [5, 5.41) is 5.78. The van der Waals surface area contributed by atoms with E-state index >= 15 is 0 Å². The van der Waals surface area contributed by atoms with Crippen LogP contribution in [-0.2, 0) is 9.53 Å². The molecule has 3 aromatic carbocycles. The number of carbonyl (C=O) groups excluding carboxylic acids is 2. The largest absolute Gasteiger partial charge is 0.497 e. The van der Waals surface area contributed by atoms with Crippen molar-refractivity contribution >= 4 is 33.6 Å². The van der Waals surface area contributed by atoms with Crippen molar-refractivity contribution in [2.75, 3.05) is 13.7 Å². The summed E-state index contributed by atoms with van der Waals surface area (Å²) in [6.07, 6.45) is 5.43. The van der Waals surface area contributed by atoms with Gasteiger partial charge in [-0.25, -0.2) is 9.78 Å². The van der Waals surface area contributed by atoms with Gasteiger partial charge in [-0.05, 0) is 53.9 Å². The van der Waals surface area contributed by atoms with E-state index in [0.717, 1.165) is 47.8 Å². The molecule has 1 aliphatic rings. The molecule has 0 aliphatic heterocycles. The highest BCUT2D eigenvalue weighted by molar-refractivity contribution is 6.05. The van der Waals surface area contributed by atoms with Crippen LogP contribution in [0.15, 0.2) is 66.7 Å². The van der Waals surface area contributed by atoms with Crippen LogP contribution in [-0.4, -0.2) is 36.6 Å². The topological polar surface area (TPSA) is 77.5 Å². The molecule has 5 rings (SSSR count). The number of hydrogen-bond donors (Lipinski definition) is 1. The third-order valence-corrected chi connectivity index (χ3v) is 6.58. The van der Waals surface area contributed by atoms with E-state index in [2.05, 4.69) is 5.32 Å². The summed E-state index contributed by atoms with van der Waals surface area (Å²) < 4.78 is 10.8. The maximum atomic E-state index is 13.1. The third kappa shape index (κ3) is 5.11. The molecular weight excluding hydrogens is 440 g/mol. The average molecular weight is 469 g/mol. The van der Waals surface area contributed by atoms with Crippen LogP contribution in [0.5, 0.6) is 5.75 Å². The fourth-order valence-corrected chi connectivity index (χ4v) is 4.73. The lowest BCUT2D eigenvalue weighted by molar-refractivity contribution is -0.125. The molecular formula is C29H28N2O4. The van der Waals surface area contributed by atoms with E-state index in [-0.39, 0.29) is 18.6 Å². The van der Waals surface area contributed by atoms with E-state index in [9.17, 15) is 9.59 Å². The molecule has 1 fully saturated rings. The number of aromatic nitrogens is 1. The number of pyridine rings is 1. The van der Waals surface area contributed by atoms with Gasteiger partial charge in [0.15, 0.2) is 6.61 Å². The monoisotopic (exact) mass is 468 g/mol. The maximum absolute atomic E-state index is 13.1. The highest BCUT2D eigenvalue weighted by Gasteiger charge is 2.19. The Bertz CT molecular complexity index is 1390. The number of methoxy groups -OCH3 is 1. The summed E-state index contributed by atoms with van der Waals surface area (Å²) in [7, 11) is 1.65. The summed E-state index contributed by atoms with van der Waals surface area (Å²) in [6.45, 7) is -0.293. The predicted octanol–water partition coefficient (Wildman–Crippen LogP) is 5.67. The molecule has 4 aromatic rings. The smallest absolute Gasteiger partial charge is 0.339 e. The van der Waals surface area contributed by atoms with Gasteiger partial charge in [-0.3, -0.25) is 4.79 Å². The molecule has 1 aromatic heterocycles. The summed E-state index contributed by atoms with van der Waals surface area (Å²) in [6, 6.07) is 21.3. The molecule has 0 saturated heterocycles. The molecule has 0 spiro atoms. The molecule has 178 valence electrons. The molecule has 1 saturated carbocycles. The van der Waals surface area contributed by atoms with Gasteiger partial charge in [0.05, 0.1) is 23.9 Å². The Balaban J connectivity index is 1.40. The van der Waals surface area contributed by atoms with E-state index in [1.165, 1.54) is 6.42 Å². The average Bonchev–Trinajstić information content (AvgIpc) is 2.91. The highest BCUT2D eigenvalue weighted by Crippen LogP contribution is 2.29. The van der Waals surface area contributed by atoms with Gasteiger partial charge < -0.3 is 14.8 Å². The fourth-order valence-electron chi connectivity index (χ4n) is 4.73. The molecule has 6 nitrogen and oxygen atoms in total.